The topological polar surface area (TPSA) is 60.2 Å². The smallest absolute Gasteiger partial charge is 0.281 e. The van der Waals surface area contributed by atoms with Crippen molar-refractivity contribution in [3.8, 4) is 0 Å². The summed E-state index contributed by atoms with van der Waals surface area (Å²) in [5.74, 6) is -0.0338. The van der Waals surface area contributed by atoms with Crippen LogP contribution in [0.2, 0.25) is 5.02 Å². The van der Waals surface area contributed by atoms with Crippen molar-refractivity contribution in [3.63, 3.8) is 0 Å². The average Bonchev–Trinajstić information content (AvgIpc) is 2.17. The van der Waals surface area contributed by atoms with Crippen LogP contribution in [-0.2, 0) is 0 Å². The van der Waals surface area contributed by atoms with Gasteiger partial charge in [0.1, 0.15) is 0 Å². The first kappa shape index (κ1) is 12.0. The first-order valence-electron chi connectivity index (χ1n) is 4.02. The Balaban J connectivity index is 3.17. The number of hydrogen-bond acceptors (Lipinski definition) is 4. The second-order valence-corrected chi connectivity index (χ2v) is 4.08. The molecular formula is C9H8ClNO3S. The fourth-order valence-electron chi connectivity index (χ4n) is 1.10. The standard InChI is InChI=1S/C9H8ClNO3S/c1-15-5-9(12)7-3-2-6(10)4-8(7)11(13)14/h2-4H,5H2,1H3. The van der Waals surface area contributed by atoms with E-state index in [-0.39, 0.29) is 27.8 Å². The van der Waals surface area contributed by atoms with Gasteiger partial charge in [-0.05, 0) is 18.4 Å². The molecule has 0 radical (unpaired) electrons. The van der Waals surface area contributed by atoms with Crippen molar-refractivity contribution >= 4 is 34.8 Å². The van der Waals surface area contributed by atoms with E-state index in [0.29, 0.717) is 0 Å². The molecule has 0 bridgehead atoms. The number of ketones is 1. The monoisotopic (exact) mass is 245 g/mol. The average molecular weight is 246 g/mol. The van der Waals surface area contributed by atoms with E-state index in [1.54, 1.807) is 6.26 Å². The van der Waals surface area contributed by atoms with E-state index in [1.165, 1.54) is 30.0 Å². The third-order valence-electron chi connectivity index (χ3n) is 1.73. The lowest BCUT2D eigenvalue weighted by atomic mass is 10.1. The van der Waals surface area contributed by atoms with Crippen LogP contribution in [0.3, 0.4) is 0 Å². The number of carbonyl (C=O) groups excluding carboxylic acids is 1. The molecule has 1 aromatic carbocycles. The molecule has 80 valence electrons. The first-order valence-corrected chi connectivity index (χ1v) is 5.79. The van der Waals surface area contributed by atoms with Gasteiger partial charge in [0, 0.05) is 11.1 Å². The third kappa shape index (κ3) is 2.94. The number of nitro groups is 1. The zero-order chi connectivity index (χ0) is 11.4. The minimum Gasteiger partial charge on any atom is -0.293 e. The minimum atomic E-state index is -0.598. The summed E-state index contributed by atoms with van der Waals surface area (Å²) >= 11 is 6.95. The van der Waals surface area contributed by atoms with Crippen LogP contribution in [0.5, 0.6) is 0 Å². The van der Waals surface area contributed by atoms with Gasteiger partial charge in [0.05, 0.1) is 16.2 Å². The summed E-state index contributed by atoms with van der Waals surface area (Å²) in [6, 6.07) is 4.05. The van der Waals surface area contributed by atoms with Gasteiger partial charge < -0.3 is 0 Å². The van der Waals surface area contributed by atoms with E-state index in [9.17, 15) is 14.9 Å². The lowest BCUT2D eigenvalue weighted by molar-refractivity contribution is -0.385. The van der Waals surface area contributed by atoms with Crippen LogP contribution in [0.15, 0.2) is 18.2 Å². The van der Waals surface area contributed by atoms with Crippen molar-refractivity contribution in [2.75, 3.05) is 12.0 Å². The van der Waals surface area contributed by atoms with Crippen LogP contribution in [-0.4, -0.2) is 22.7 Å². The second kappa shape index (κ2) is 5.14. The van der Waals surface area contributed by atoms with Crippen molar-refractivity contribution in [1.29, 1.82) is 0 Å². The number of hydrogen-bond donors (Lipinski definition) is 0. The zero-order valence-corrected chi connectivity index (χ0v) is 9.47. The molecule has 0 N–H and O–H groups in total. The highest BCUT2D eigenvalue weighted by molar-refractivity contribution is 7.99. The van der Waals surface area contributed by atoms with Crippen molar-refractivity contribution in [1.82, 2.24) is 0 Å². The van der Waals surface area contributed by atoms with Crippen LogP contribution in [0.25, 0.3) is 0 Å². The maximum Gasteiger partial charge on any atom is 0.281 e. The molecule has 4 nitrogen and oxygen atoms in total. The molecule has 15 heavy (non-hydrogen) atoms. The van der Waals surface area contributed by atoms with E-state index < -0.39 is 4.92 Å². The van der Waals surface area contributed by atoms with Crippen LogP contribution in [0, 0.1) is 10.1 Å². The number of carbonyl (C=O) groups is 1. The van der Waals surface area contributed by atoms with Gasteiger partial charge in [-0.1, -0.05) is 11.6 Å². The molecule has 0 saturated carbocycles. The molecule has 0 heterocycles. The maximum absolute atomic E-state index is 11.5. The van der Waals surface area contributed by atoms with Gasteiger partial charge in [-0.2, -0.15) is 11.8 Å². The summed E-state index contributed by atoms with van der Waals surface area (Å²) in [6.07, 6.45) is 1.76. The number of rotatable bonds is 4. The summed E-state index contributed by atoms with van der Waals surface area (Å²) in [6.45, 7) is 0. The molecule has 0 unspecified atom stereocenters. The van der Waals surface area contributed by atoms with E-state index in [2.05, 4.69) is 0 Å². The highest BCUT2D eigenvalue weighted by Crippen LogP contribution is 2.24. The van der Waals surface area contributed by atoms with Crippen LogP contribution < -0.4 is 0 Å². The number of halogens is 1. The fraction of sp³-hybridized carbons (Fsp3) is 0.222. The Labute approximate surface area is 95.8 Å². The van der Waals surface area contributed by atoms with Crippen molar-refractivity contribution in [2.24, 2.45) is 0 Å². The van der Waals surface area contributed by atoms with Crippen LogP contribution in [0.1, 0.15) is 10.4 Å². The number of thioether (sulfide) groups is 1. The maximum atomic E-state index is 11.5. The fourth-order valence-corrected chi connectivity index (χ4v) is 1.68. The Hall–Kier alpha value is -1.07. The molecule has 0 aromatic heterocycles. The largest absolute Gasteiger partial charge is 0.293 e. The molecule has 0 fully saturated rings. The third-order valence-corrected chi connectivity index (χ3v) is 2.52. The van der Waals surface area contributed by atoms with E-state index in [1.807, 2.05) is 0 Å². The predicted octanol–water partition coefficient (Wildman–Crippen LogP) is 2.79. The summed E-state index contributed by atoms with van der Waals surface area (Å²) < 4.78 is 0. The molecule has 0 aliphatic rings. The molecule has 0 aliphatic heterocycles. The van der Waals surface area contributed by atoms with Crippen LogP contribution >= 0.6 is 23.4 Å². The van der Waals surface area contributed by atoms with E-state index in [0.717, 1.165) is 0 Å². The van der Waals surface area contributed by atoms with Gasteiger partial charge in [-0.25, -0.2) is 0 Å². The van der Waals surface area contributed by atoms with Gasteiger partial charge in [-0.15, -0.1) is 0 Å². The van der Waals surface area contributed by atoms with E-state index in [4.69, 9.17) is 11.6 Å². The van der Waals surface area contributed by atoms with Gasteiger partial charge in [0.15, 0.2) is 5.78 Å². The second-order valence-electron chi connectivity index (χ2n) is 2.77. The number of nitrogens with zero attached hydrogens (tertiary/aromatic N) is 1. The normalized spacial score (nSPS) is 10.0. The van der Waals surface area contributed by atoms with E-state index >= 15 is 0 Å². The molecule has 0 amide bonds. The number of nitro benzene ring substituents is 1. The van der Waals surface area contributed by atoms with Crippen LogP contribution in [0.4, 0.5) is 5.69 Å². The van der Waals surface area contributed by atoms with Gasteiger partial charge in [-0.3, -0.25) is 14.9 Å². The van der Waals surface area contributed by atoms with Crippen molar-refractivity contribution in [2.45, 2.75) is 0 Å². The summed E-state index contributed by atoms with van der Waals surface area (Å²) in [5, 5.41) is 10.9. The number of benzene rings is 1. The molecule has 1 rings (SSSR count). The zero-order valence-electron chi connectivity index (χ0n) is 7.90. The molecular weight excluding hydrogens is 238 g/mol. The summed E-state index contributed by atoms with van der Waals surface area (Å²) in [7, 11) is 0. The highest BCUT2D eigenvalue weighted by atomic mass is 35.5. The Morgan fingerprint density at radius 1 is 1.60 bits per heavy atom. The molecule has 0 saturated heterocycles. The summed E-state index contributed by atoms with van der Waals surface area (Å²) in [4.78, 5) is 21.6. The first-order chi connectivity index (χ1) is 7.06. The van der Waals surface area contributed by atoms with Gasteiger partial charge >= 0.3 is 0 Å². The predicted molar refractivity (Wildman–Crippen MR) is 60.8 cm³/mol. The molecule has 0 spiro atoms. The quantitative estimate of drug-likeness (QED) is 0.465. The van der Waals surface area contributed by atoms with Crippen molar-refractivity contribution in [3.05, 3.63) is 38.9 Å². The molecule has 6 heteroatoms. The lowest BCUT2D eigenvalue weighted by Crippen LogP contribution is -2.06. The Kier molecular flexibility index (Phi) is 4.11. The summed E-state index contributed by atoms with van der Waals surface area (Å²) in [5.41, 5.74) is -0.125. The highest BCUT2D eigenvalue weighted by Gasteiger charge is 2.19. The van der Waals surface area contributed by atoms with Gasteiger partial charge in [0.2, 0.25) is 0 Å². The number of Topliss-reactive ketones (excluding diaryl/α,β-unsaturated/α-hetero) is 1. The minimum absolute atomic E-state index is 0.110. The molecule has 0 aliphatic carbocycles. The Bertz CT molecular complexity index is 408. The lowest BCUT2D eigenvalue weighted by Gasteiger charge is -2.01. The van der Waals surface area contributed by atoms with Gasteiger partial charge in [0.25, 0.3) is 5.69 Å². The molecule has 1 aromatic rings. The van der Waals surface area contributed by atoms with Crippen molar-refractivity contribution < 1.29 is 9.72 Å². The molecule has 0 atom stereocenters. The Morgan fingerprint density at radius 2 is 2.27 bits per heavy atom. The SMILES string of the molecule is CSCC(=O)c1ccc(Cl)cc1[N+](=O)[O-]. The Morgan fingerprint density at radius 3 is 2.80 bits per heavy atom.